The Morgan fingerprint density at radius 3 is 2.36 bits per heavy atom. The zero-order valence-electron chi connectivity index (χ0n) is 21.1. The van der Waals surface area contributed by atoms with E-state index >= 15 is 0 Å². The highest BCUT2D eigenvalue weighted by atomic mass is 32.2. The predicted molar refractivity (Wildman–Crippen MR) is 140 cm³/mol. The summed E-state index contributed by atoms with van der Waals surface area (Å²) in [6.07, 6.45) is 4.44. The van der Waals surface area contributed by atoms with Gasteiger partial charge in [0.2, 0.25) is 5.88 Å². The molecule has 0 radical (unpaired) electrons. The molecule has 0 aliphatic heterocycles. The van der Waals surface area contributed by atoms with Crippen LogP contribution in [0.1, 0.15) is 24.5 Å². The van der Waals surface area contributed by atoms with E-state index in [0.717, 1.165) is 0 Å². The van der Waals surface area contributed by atoms with Crippen molar-refractivity contribution in [3.63, 3.8) is 0 Å². The Labute approximate surface area is 225 Å². The van der Waals surface area contributed by atoms with E-state index in [0.29, 0.717) is 46.8 Å². The molecule has 5 aromatic rings. The van der Waals surface area contributed by atoms with Crippen molar-refractivity contribution in [2.45, 2.75) is 13.0 Å². The van der Waals surface area contributed by atoms with E-state index in [1.54, 1.807) is 61.3 Å². The van der Waals surface area contributed by atoms with Gasteiger partial charge in [-0.3, -0.25) is 8.78 Å². The van der Waals surface area contributed by atoms with Crippen LogP contribution in [0.2, 0.25) is 0 Å². The van der Waals surface area contributed by atoms with E-state index in [1.807, 2.05) is 6.92 Å². The largest absolute Gasteiger partial charge is 0.760 e. The van der Waals surface area contributed by atoms with Crippen molar-refractivity contribution in [3.8, 4) is 34.6 Å². The molecule has 0 amide bonds. The normalized spacial score (nSPS) is 12.7. The van der Waals surface area contributed by atoms with E-state index in [1.165, 1.54) is 18.6 Å². The second-order valence-electron chi connectivity index (χ2n) is 7.91. The molecule has 1 aromatic carbocycles. The van der Waals surface area contributed by atoms with Crippen LogP contribution in [-0.2, 0) is 11.3 Å². The SMILES string of the molecule is CCOc1cccc(-c2nc3ncc(C(NS(=O)[O-])c4ncccn4)nc3n2-c2c(OC)cccc2OC)n1. The summed E-state index contributed by atoms with van der Waals surface area (Å²) in [6.45, 7) is 2.31. The summed E-state index contributed by atoms with van der Waals surface area (Å²) in [5.74, 6) is 1.96. The van der Waals surface area contributed by atoms with Crippen molar-refractivity contribution in [2.75, 3.05) is 20.8 Å². The standard InChI is InChI=1S/C25H24N8O5S/c1-4-38-19-11-5-8-15(29-19)24-31-23-25(33(24)21-17(36-2)9-6-10-18(21)37-3)30-16(14-28-23)20(32-39(34)35)22-26-12-7-13-27-22/h5-14,20,32H,4H2,1-3H3,(H,34,35)/p-1. The fourth-order valence-corrected chi connectivity index (χ4v) is 4.43. The van der Waals surface area contributed by atoms with E-state index < -0.39 is 17.3 Å². The van der Waals surface area contributed by atoms with E-state index in [4.69, 9.17) is 24.2 Å². The van der Waals surface area contributed by atoms with Crippen LogP contribution in [0.5, 0.6) is 17.4 Å². The number of ether oxygens (including phenoxy) is 3. The van der Waals surface area contributed by atoms with Gasteiger partial charge in [-0.15, -0.1) is 0 Å². The lowest BCUT2D eigenvalue weighted by molar-refractivity contribution is 0.327. The summed E-state index contributed by atoms with van der Waals surface area (Å²) in [7, 11) is 3.08. The van der Waals surface area contributed by atoms with Crippen molar-refractivity contribution < 1.29 is 23.0 Å². The molecule has 0 saturated heterocycles. The number of imidazole rings is 1. The summed E-state index contributed by atoms with van der Waals surface area (Å²) in [5, 5.41) is 0. The second kappa shape index (κ2) is 11.5. The molecule has 0 bridgehead atoms. The lowest BCUT2D eigenvalue weighted by Gasteiger charge is -2.19. The third kappa shape index (κ3) is 5.25. The summed E-state index contributed by atoms with van der Waals surface area (Å²) in [4.78, 5) is 27.0. The molecule has 200 valence electrons. The van der Waals surface area contributed by atoms with Crippen LogP contribution >= 0.6 is 0 Å². The smallest absolute Gasteiger partial charge is 0.213 e. The summed E-state index contributed by atoms with van der Waals surface area (Å²) in [6, 6.07) is 11.3. The number of nitrogens with one attached hydrogen (secondary N) is 1. The molecule has 4 heterocycles. The first-order chi connectivity index (χ1) is 19.0. The minimum absolute atomic E-state index is 0.197. The van der Waals surface area contributed by atoms with Crippen LogP contribution in [0.25, 0.3) is 28.5 Å². The van der Waals surface area contributed by atoms with Crippen LogP contribution in [-0.4, -0.2) is 64.1 Å². The highest BCUT2D eigenvalue weighted by Crippen LogP contribution is 2.38. The first-order valence-corrected chi connectivity index (χ1v) is 12.8. The number of nitrogens with zero attached hydrogens (tertiary/aromatic N) is 7. The molecule has 0 saturated carbocycles. The molecule has 0 spiro atoms. The maximum Gasteiger partial charge on any atom is 0.213 e. The number of hydrogen-bond acceptors (Lipinski definition) is 11. The van der Waals surface area contributed by atoms with Gasteiger partial charge in [0.15, 0.2) is 22.9 Å². The fraction of sp³-hybridized carbons (Fsp3) is 0.200. The third-order valence-corrected chi connectivity index (χ3v) is 6.04. The number of rotatable bonds is 10. The average molecular weight is 548 g/mol. The van der Waals surface area contributed by atoms with Gasteiger partial charge in [-0.25, -0.2) is 34.6 Å². The van der Waals surface area contributed by atoms with Crippen molar-refractivity contribution in [3.05, 3.63) is 72.6 Å². The molecule has 13 nitrogen and oxygen atoms in total. The van der Waals surface area contributed by atoms with Crippen molar-refractivity contribution >= 4 is 22.6 Å². The number of pyridine rings is 1. The minimum Gasteiger partial charge on any atom is -0.760 e. The number of hydrogen-bond donors (Lipinski definition) is 1. The van der Waals surface area contributed by atoms with Crippen molar-refractivity contribution in [1.82, 2.24) is 39.2 Å². The van der Waals surface area contributed by atoms with Gasteiger partial charge < -0.3 is 18.8 Å². The van der Waals surface area contributed by atoms with Crippen molar-refractivity contribution in [1.29, 1.82) is 0 Å². The first kappa shape index (κ1) is 26.1. The van der Waals surface area contributed by atoms with Gasteiger partial charge in [-0.05, 0) is 31.2 Å². The van der Waals surface area contributed by atoms with E-state index in [9.17, 15) is 8.76 Å². The maximum atomic E-state index is 11.7. The molecule has 0 fully saturated rings. The Morgan fingerprint density at radius 1 is 0.974 bits per heavy atom. The molecule has 2 unspecified atom stereocenters. The Morgan fingerprint density at radius 2 is 1.69 bits per heavy atom. The van der Waals surface area contributed by atoms with Crippen molar-refractivity contribution in [2.24, 2.45) is 0 Å². The quantitative estimate of drug-likeness (QED) is 0.256. The van der Waals surface area contributed by atoms with Crippen LogP contribution in [0.3, 0.4) is 0 Å². The van der Waals surface area contributed by atoms with Gasteiger partial charge in [-0.2, -0.15) is 0 Å². The van der Waals surface area contributed by atoms with E-state index in [-0.39, 0.29) is 17.2 Å². The topological polar surface area (TPSA) is 162 Å². The maximum absolute atomic E-state index is 11.7. The molecule has 4 aromatic heterocycles. The van der Waals surface area contributed by atoms with Gasteiger partial charge in [0.25, 0.3) is 0 Å². The van der Waals surface area contributed by atoms with Gasteiger partial charge in [-0.1, -0.05) is 12.1 Å². The molecule has 1 N–H and O–H groups in total. The number of para-hydroxylation sites is 1. The van der Waals surface area contributed by atoms with Gasteiger partial charge in [0.1, 0.15) is 28.9 Å². The zero-order valence-corrected chi connectivity index (χ0v) is 22.0. The second-order valence-corrected chi connectivity index (χ2v) is 8.62. The molecule has 0 aliphatic rings. The summed E-state index contributed by atoms with van der Waals surface area (Å²) >= 11 is -2.65. The molecule has 5 rings (SSSR count). The summed E-state index contributed by atoms with van der Waals surface area (Å²) in [5.41, 5.74) is 1.81. The lowest BCUT2D eigenvalue weighted by Crippen LogP contribution is -2.27. The third-order valence-electron chi connectivity index (χ3n) is 5.61. The molecule has 14 heteroatoms. The lowest BCUT2D eigenvalue weighted by atomic mass is 10.2. The predicted octanol–water partition coefficient (Wildman–Crippen LogP) is 2.56. The van der Waals surface area contributed by atoms with Crippen LogP contribution in [0, 0.1) is 0 Å². The Bertz CT molecular complexity index is 1610. The molecule has 2 atom stereocenters. The van der Waals surface area contributed by atoms with Crippen LogP contribution in [0.4, 0.5) is 0 Å². The first-order valence-electron chi connectivity index (χ1n) is 11.7. The minimum atomic E-state index is -2.65. The highest BCUT2D eigenvalue weighted by Gasteiger charge is 2.26. The zero-order chi connectivity index (χ0) is 27.4. The number of benzene rings is 1. The van der Waals surface area contributed by atoms with Gasteiger partial charge >= 0.3 is 0 Å². The molecule has 0 aliphatic carbocycles. The van der Waals surface area contributed by atoms with Crippen LogP contribution < -0.4 is 18.9 Å². The van der Waals surface area contributed by atoms with Crippen LogP contribution in [0.15, 0.2) is 61.1 Å². The highest BCUT2D eigenvalue weighted by molar-refractivity contribution is 7.77. The number of aromatic nitrogens is 7. The fourth-order valence-electron chi connectivity index (χ4n) is 4.01. The monoisotopic (exact) mass is 547 g/mol. The number of fused-ring (bicyclic) bond motifs is 1. The van der Waals surface area contributed by atoms with Gasteiger partial charge in [0, 0.05) is 29.7 Å². The van der Waals surface area contributed by atoms with E-state index in [2.05, 4.69) is 24.7 Å². The van der Waals surface area contributed by atoms with Gasteiger partial charge in [0.05, 0.1) is 32.7 Å². The Hall–Kier alpha value is -4.53. The molecular weight excluding hydrogens is 524 g/mol. The molecular formula is C25H23N8O5S-. The average Bonchev–Trinajstić information content (AvgIpc) is 3.34. The Balaban J connectivity index is 1.81. The Kier molecular flexibility index (Phi) is 7.67. The summed E-state index contributed by atoms with van der Waals surface area (Å²) < 4.78 is 44.4. The number of methoxy groups -OCH3 is 2. The molecule has 39 heavy (non-hydrogen) atoms.